The van der Waals surface area contributed by atoms with Gasteiger partial charge in [-0.2, -0.15) is 0 Å². The van der Waals surface area contributed by atoms with E-state index in [2.05, 4.69) is 10.6 Å². The molecule has 0 fully saturated rings. The second-order valence-corrected chi connectivity index (χ2v) is 5.63. The molecule has 2 aromatic carbocycles. The SMILES string of the molecule is CSc1cccc(NC(=S)Nc2cc(F)ccc2Cl)c1. The van der Waals surface area contributed by atoms with Crippen LogP contribution in [0.3, 0.4) is 0 Å². The van der Waals surface area contributed by atoms with Gasteiger partial charge in [0.2, 0.25) is 0 Å². The summed E-state index contributed by atoms with van der Waals surface area (Å²) in [5, 5.41) is 6.68. The molecule has 2 rings (SSSR count). The van der Waals surface area contributed by atoms with E-state index in [-0.39, 0.29) is 5.82 Å². The number of anilines is 2. The maximum atomic E-state index is 13.2. The molecule has 20 heavy (non-hydrogen) atoms. The van der Waals surface area contributed by atoms with E-state index in [0.29, 0.717) is 15.8 Å². The predicted molar refractivity (Wildman–Crippen MR) is 89.5 cm³/mol. The third-order valence-corrected chi connectivity index (χ3v) is 3.76. The number of hydrogen-bond donors (Lipinski definition) is 2. The van der Waals surface area contributed by atoms with Crippen molar-refractivity contribution in [3.63, 3.8) is 0 Å². The summed E-state index contributed by atoms with van der Waals surface area (Å²) in [6.07, 6.45) is 2.00. The van der Waals surface area contributed by atoms with Gasteiger partial charge in [-0.05, 0) is 54.9 Å². The molecule has 0 aliphatic rings. The molecule has 2 N–H and O–H groups in total. The van der Waals surface area contributed by atoms with E-state index in [1.807, 2.05) is 30.5 Å². The molecule has 0 spiro atoms. The Balaban J connectivity index is 2.07. The number of halogens is 2. The number of rotatable bonds is 3. The average Bonchev–Trinajstić information content (AvgIpc) is 2.43. The van der Waals surface area contributed by atoms with Gasteiger partial charge in [0.1, 0.15) is 5.82 Å². The van der Waals surface area contributed by atoms with Crippen molar-refractivity contribution < 1.29 is 4.39 Å². The summed E-state index contributed by atoms with van der Waals surface area (Å²) in [5.41, 5.74) is 1.30. The molecule has 0 aromatic heterocycles. The van der Waals surface area contributed by atoms with E-state index in [4.69, 9.17) is 23.8 Å². The lowest BCUT2D eigenvalue weighted by Crippen LogP contribution is -2.19. The molecule has 0 saturated carbocycles. The van der Waals surface area contributed by atoms with Crippen LogP contribution in [0, 0.1) is 5.82 Å². The van der Waals surface area contributed by atoms with Gasteiger partial charge in [0.15, 0.2) is 5.11 Å². The Bertz CT molecular complexity index is 634. The van der Waals surface area contributed by atoms with Crippen molar-refractivity contribution in [2.45, 2.75) is 4.90 Å². The van der Waals surface area contributed by atoms with Crippen LogP contribution in [0.15, 0.2) is 47.4 Å². The van der Waals surface area contributed by atoms with E-state index >= 15 is 0 Å². The van der Waals surface area contributed by atoms with Crippen LogP contribution in [0.2, 0.25) is 5.02 Å². The Morgan fingerprint density at radius 1 is 1.20 bits per heavy atom. The lowest BCUT2D eigenvalue weighted by atomic mass is 10.3. The summed E-state index contributed by atoms with van der Waals surface area (Å²) in [6, 6.07) is 11.9. The summed E-state index contributed by atoms with van der Waals surface area (Å²) in [7, 11) is 0. The first kappa shape index (κ1) is 15.1. The molecule has 2 nitrogen and oxygen atoms in total. The summed E-state index contributed by atoms with van der Waals surface area (Å²) in [4.78, 5) is 1.13. The summed E-state index contributed by atoms with van der Waals surface area (Å²) in [6.45, 7) is 0. The van der Waals surface area contributed by atoms with Gasteiger partial charge in [-0.3, -0.25) is 0 Å². The maximum absolute atomic E-state index is 13.2. The summed E-state index contributed by atoms with van der Waals surface area (Å²) < 4.78 is 13.2. The molecule has 0 bridgehead atoms. The normalized spacial score (nSPS) is 10.2. The molecule has 0 atom stereocenters. The zero-order chi connectivity index (χ0) is 14.5. The fourth-order valence-electron chi connectivity index (χ4n) is 1.58. The van der Waals surface area contributed by atoms with Crippen molar-refractivity contribution in [1.29, 1.82) is 0 Å². The fraction of sp³-hybridized carbons (Fsp3) is 0.0714. The Morgan fingerprint density at radius 2 is 2.00 bits per heavy atom. The first-order valence-corrected chi connectivity index (χ1v) is 7.76. The van der Waals surface area contributed by atoms with Gasteiger partial charge in [0, 0.05) is 10.6 Å². The highest BCUT2D eigenvalue weighted by molar-refractivity contribution is 7.98. The maximum Gasteiger partial charge on any atom is 0.175 e. The van der Waals surface area contributed by atoms with Crippen molar-refractivity contribution in [3.05, 3.63) is 53.3 Å². The van der Waals surface area contributed by atoms with E-state index in [1.165, 1.54) is 18.2 Å². The monoisotopic (exact) mass is 326 g/mol. The lowest BCUT2D eigenvalue weighted by molar-refractivity contribution is 0.628. The first-order valence-electron chi connectivity index (χ1n) is 5.75. The number of hydrogen-bond acceptors (Lipinski definition) is 2. The van der Waals surface area contributed by atoms with Crippen molar-refractivity contribution in [3.8, 4) is 0 Å². The van der Waals surface area contributed by atoms with Gasteiger partial charge < -0.3 is 10.6 Å². The van der Waals surface area contributed by atoms with Gasteiger partial charge in [0.25, 0.3) is 0 Å². The topological polar surface area (TPSA) is 24.1 Å². The molecular weight excluding hydrogens is 315 g/mol. The number of nitrogens with one attached hydrogen (secondary N) is 2. The molecule has 6 heteroatoms. The zero-order valence-corrected chi connectivity index (χ0v) is 13.0. The highest BCUT2D eigenvalue weighted by atomic mass is 35.5. The Labute approximate surface area is 131 Å². The van der Waals surface area contributed by atoms with Crippen LogP contribution < -0.4 is 10.6 Å². The van der Waals surface area contributed by atoms with Crippen molar-refractivity contribution in [2.75, 3.05) is 16.9 Å². The third kappa shape index (κ3) is 4.10. The molecule has 104 valence electrons. The van der Waals surface area contributed by atoms with Gasteiger partial charge in [-0.15, -0.1) is 11.8 Å². The lowest BCUT2D eigenvalue weighted by Gasteiger charge is -2.12. The van der Waals surface area contributed by atoms with Gasteiger partial charge in [0.05, 0.1) is 10.7 Å². The second kappa shape index (κ2) is 6.92. The molecule has 0 heterocycles. The molecule has 0 saturated heterocycles. The van der Waals surface area contributed by atoms with E-state index in [0.717, 1.165) is 10.6 Å². The van der Waals surface area contributed by atoms with Crippen LogP contribution in [-0.4, -0.2) is 11.4 Å². The van der Waals surface area contributed by atoms with Crippen LogP contribution in [0.25, 0.3) is 0 Å². The summed E-state index contributed by atoms with van der Waals surface area (Å²) in [5.74, 6) is -0.371. The highest BCUT2D eigenvalue weighted by Gasteiger charge is 2.05. The van der Waals surface area contributed by atoms with Gasteiger partial charge in [-0.1, -0.05) is 17.7 Å². The molecule has 2 aromatic rings. The average molecular weight is 327 g/mol. The zero-order valence-electron chi connectivity index (χ0n) is 10.6. The third-order valence-electron chi connectivity index (χ3n) is 2.50. The molecule has 0 unspecified atom stereocenters. The second-order valence-electron chi connectivity index (χ2n) is 3.94. The minimum Gasteiger partial charge on any atom is -0.332 e. The highest BCUT2D eigenvalue weighted by Crippen LogP contribution is 2.23. The first-order chi connectivity index (χ1) is 9.58. The largest absolute Gasteiger partial charge is 0.332 e. The minimum absolute atomic E-state index is 0.357. The smallest absolute Gasteiger partial charge is 0.175 e. The quantitative estimate of drug-likeness (QED) is 0.611. The van der Waals surface area contributed by atoms with Crippen LogP contribution in [0.1, 0.15) is 0 Å². The number of thioether (sulfide) groups is 1. The van der Waals surface area contributed by atoms with Gasteiger partial charge in [-0.25, -0.2) is 4.39 Å². The number of benzene rings is 2. The minimum atomic E-state index is -0.371. The standard InChI is InChI=1S/C14H12ClFN2S2/c1-20-11-4-2-3-10(8-11)17-14(19)18-13-7-9(16)5-6-12(13)15/h2-8H,1H3,(H2,17,18,19). The number of thiocarbonyl (C=S) groups is 1. The fourth-order valence-corrected chi connectivity index (χ4v) is 2.43. The Kier molecular flexibility index (Phi) is 5.23. The molecule has 0 amide bonds. The van der Waals surface area contributed by atoms with Crippen LogP contribution >= 0.6 is 35.6 Å². The van der Waals surface area contributed by atoms with Crippen LogP contribution in [-0.2, 0) is 0 Å². The van der Waals surface area contributed by atoms with Crippen molar-refractivity contribution in [1.82, 2.24) is 0 Å². The molecular formula is C14H12ClFN2S2. The van der Waals surface area contributed by atoms with Crippen LogP contribution in [0.5, 0.6) is 0 Å². The predicted octanol–water partition coefficient (Wildman–Crippen LogP) is 5.01. The Morgan fingerprint density at radius 3 is 2.75 bits per heavy atom. The van der Waals surface area contributed by atoms with Crippen molar-refractivity contribution in [2.24, 2.45) is 0 Å². The molecule has 0 radical (unpaired) electrons. The van der Waals surface area contributed by atoms with Crippen molar-refractivity contribution >= 4 is 52.1 Å². The van der Waals surface area contributed by atoms with Crippen LogP contribution in [0.4, 0.5) is 15.8 Å². The van der Waals surface area contributed by atoms with E-state index < -0.39 is 0 Å². The Hall–Kier alpha value is -1.30. The van der Waals surface area contributed by atoms with Gasteiger partial charge >= 0.3 is 0 Å². The van der Waals surface area contributed by atoms with E-state index in [9.17, 15) is 4.39 Å². The molecule has 0 aliphatic carbocycles. The molecule has 0 aliphatic heterocycles. The van der Waals surface area contributed by atoms with E-state index in [1.54, 1.807) is 11.8 Å². The summed E-state index contributed by atoms with van der Waals surface area (Å²) >= 11 is 12.8.